The van der Waals surface area contributed by atoms with Gasteiger partial charge in [-0.25, -0.2) is 4.79 Å². The van der Waals surface area contributed by atoms with E-state index in [0.29, 0.717) is 12.0 Å². The predicted octanol–water partition coefficient (Wildman–Crippen LogP) is 2.63. The van der Waals surface area contributed by atoms with Gasteiger partial charge in [0.15, 0.2) is 0 Å². The number of nitrogens with one attached hydrogen (secondary N) is 1. The molecular weight excluding hydrogens is 254 g/mol. The molecular formula is C16H13NO3. The second-order valence-electron chi connectivity index (χ2n) is 4.63. The molecule has 0 radical (unpaired) electrons. The summed E-state index contributed by atoms with van der Waals surface area (Å²) in [5, 5.41) is 2.82. The van der Waals surface area contributed by atoms with Crippen molar-refractivity contribution < 1.29 is 14.3 Å². The van der Waals surface area contributed by atoms with E-state index in [2.05, 4.69) is 5.32 Å². The molecule has 0 aliphatic carbocycles. The largest absolute Gasteiger partial charge is 0.465 e. The number of methoxy groups -OCH3 is 1. The van der Waals surface area contributed by atoms with Gasteiger partial charge in [-0.15, -0.1) is 0 Å². The predicted molar refractivity (Wildman–Crippen MR) is 75.6 cm³/mol. The summed E-state index contributed by atoms with van der Waals surface area (Å²) in [6.07, 6.45) is 0.411. The summed E-state index contributed by atoms with van der Waals surface area (Å²) in [5.74, 6) is -0.372. The van der Waals surface area contributed by atoms with Gasteiger partial charge in [-0.1, -0.05) is 30.3 Å². The maximum absolute atomic E-state index is 11.8. The normalized spacial score (nSPS) is 12.8. The summed E-state index contributed by atoms with van der Waals surface area (Å²) < 4.78 is 4.80. The summed E-state index contributed by atoms with van der Waals surface area (Å²) in [4.78, 5) is 23.2. The highest BCUT2D eigenvalue weighted by Crippen LogP contribution is 2.31. The minimum atomic E-state index is -0.370. The molecule has 1 aliphatic rings. The number of benzene rings is 2. The number of amides is 1. The Morgan fingerprint density at radius 3 is 2.80 bits per heavy atom. The van der Waals surface area contributed by atoms with Crippen molar-refractivity contribution in [2.24, 2.45) is 0 Å². The van der Waals surface area contributed by atoms with Crippen LogP contribution < -0.4 is 5.32 Å². The van der Waals surface area contributed by atoms with Gasteiger partial charge < -0.3 is 10.1 Å². The molecule has 1 amide bonds. The van der Waals surface area contributed by atoms with Crippen molar-refractivity contribution in [2.45, 2.75) is 6.42 Å². The van der Waals surface area contributed by atoms with Gasteiger partial charge in [0.25, 0.3) is 0 Å². The lowest BCUT2D eigenvalue weighted by Crippen LogP contribution is -2.04. The number of ether oxygens (including phenoxy) is 1. The van der Waals surface area contributed by atoms with Crippen LogP contribution in [-0.2, 0) is 16.0 Å². The number of rotatable bonds is 2. The molecule has 0 atom stereocenters. The minimum absolute atomic E-state index is 0.00148. The molecule has 0 saturated carbocycles. The van der Waals surface area contributed by atoms with Gasteiger partial charge in [-0.2, -0.15) is 0 Å². The van der Waals surface area contributed by atoms with E-state index in [1.807, 2.05) is 30.3 Å². The Hall–Kier alpha value is -2.62. The maximum Gasteiger partial charge on any atom is 0.338 e. The van der Waals surface area contributed by atoms with E-state index >= 15 is 0 Å². The smallest absolute Gasteiger partial charge is 0.338 e. The molecule has 1 N–H and O–H groups in total. The van der Waals surface area contributed by atoms with Crippen molar-refractivity contribution in [1.29, 1.82) is 0 Å². The van der Waals surface area contributed by atoms with Crippen LogP contribution in [0.1, 0.15) is 15.9 Å². The van der Waals surface area contributed by atoms with E-state index in [-0.39, 0.29) is 11.9 Å². The Balaban J connectivity index is 2.09. The Labute approximate surface area is 116 Å². The Morgan fingerprint density at radius 1 is 1.20 bits per heavy atom. The van der Waals surface area contributed by atoms with E-state index < -0.39 is 0 Å². The molecule has 0 unspecified atom stereocenters. The van der Waals surface area contributed by atoms with Crippen LogP contribution in [0.15, 0.2) is 42.5 Å². The van der Waals surface area contributed by atoms with Gasteiger partial charge in [0.05, 0.1) is 19.1 Å². The van der Waals surface area contributed by atoms with Crippen molar-refractivity contribution in [3.8, 4) is 11.1 Å². The molecule has 2 aromatic carbocycles. The Kier molecular flexibility index (Phi) is 2.99. The van der Waals surface area contributed by atoms with E-state index in [1.54, 1.807) is 12.1 Å². The zero-order chi connectivity index (χ0) is 14.1. The Morgan fingerprint density at radius 2 is 2.00 bits per heavy atom. The summed E-state index contributed by atoms with van der Waals surface area (Å²) in [5.41, 5.74) is 3.98. The molecule has 0 spiro atoms. The highest BCUT2D eigenvalue weighted by atomic mass is 16.5. The number of esters is 1. The second kappa shape index (κ2) is 4.81. The highest BCUT2D eigenvalue weighted by molar-refractivity contribution is 6.01. The standard InChI is InChI=1S/C16H13NO3/c1-20-16(19)13-5-3-2-4-12(13)10-6-7-11-9-15(18)17-14(11)8-10/h2-8H,9H2,1H3,(H,17,18). The molecule has 3 rings (SSSR count). The first-order valence-corrected chi connectivity index (χ1v) is 6.29. The molecule has 0 fully saturated rings. The molecule has 0 bridgehead atoms. The number of carbonyl (C=O) groups is 2. The first kappa shape index (κ1) is 12.4. The first-order valence-electron chi connectivity index (χ1n) is 6.29. The van der Waals surface area contributed by atoms with Crippen molar-refractivity contribution in [2.75, 3.05) is 12.4 Å². The average molecular weight is 267 g/mol. The fourth-order valence-corrected chi connectivity index (χ4v) is 2.40. The van der Waals surface area contributed by atoms with E-state index in [9.17, 15) is 9.59 Å². The van der Waals surface area contributed by atoms with Crippen molar-refractivity contribution in [3.63, 3.8) is 0 Å². The van der Waals surface area contributed by atoms with Crippen molar-refractivity contribution in [3.05, 3.63) is 53.6 Å². The SMILES string of the molecule is COC(=O)c1ccccc1-c1ccc2c(c1)NC(=O)C2. The summed E-state index contributed by atoms with van der Waals surface area (Å²) in [6.45, 7) is 0. The van der Waals surface area contributed by atoms with Crippen LogP contribution >= 0.6 is 0 Å². The fourth-order valence-electron chi connectivity index (χ4n) is 2.40. The second-order valence-corrected chi connectivity index (χ2v) is 4.63. The molecule has 4 nitrogen and oxygen atoms in total. The summed E-state index contributed by atoms with van der Waals surface area (Å²) in [6, 6.07) is 13.0. The third-order valence-electron chi connectivity index (χ3n) is 3.38. The number of fused-ring (bicyclic) bond motifs is 1. The van der Waals surface area contributed by atoms with Crippen LogP contribution in [0.5, 0.6) is 0 Å². The van der Waals surface area contributed by atoms with Crippen LogP contribution in [-0.4, -0.2) is 19.0 Å². The van der Waals surface area contributed by atoms with Crippen LogP contribution in [0, 0.1) is 0 Å². The van der Waals surface area contributed by atoms with Gasteiger partial charge in [0.1, 0.15) is 0 Å². The molecule has 0 aromatic heterocycles. The summed E-state index contributed by atoms with van der Waals surface area (Å²) in [7, 11) is 1.36. The maximum atomic E-state index is 11.8. The van der Waals surface area contributed by atoms with Gasteiger partial charge in [0, 0.05) is 5.69 Å². The quantitative estimate of drug-likeness (QED) is 0.851. The molecule has 100 valence electrons. The minimum Gasteiger partial charge on any atom is -0.465 e. The van der Waals surface area contributed by atoms with Crippen LogP contribution in [0.4, 0.5) is 5.69 Å². The zero-order valence-corrected chi connectivity index (χ0v) is 11.0. The van der Waals surface area contributed by atoms with Gasteiger partial charge in [-0.3, -0.25) is 4.79 Å². The van der Waals surface area contributed by atoms with Crippen LogP contribution in [0.2, 0.25) is 0 Å². The number of hydrogen-bond acceptors (Lipinski definition) is 3. The zero-order valence-electron chi connectivity index (χ0n) is 11.0. The molecule has 4 heteroatoms. The van der Waals surface area contributed by atoms with Crippen molar-refractivity contribution in [1.82, 2.24) is 0 Å². The van der Waals surface area contributed by atoms with Gasteiger partial charge in [0.2, 0.25) is 5.91 Å². The van der Waals surface area contributed by atoms with E-state index in [0.717, 1.165) is 22.4 Å². The lowest BCUT2D eigenvalue weighted by Gasteiger charge is -2.09. The highest BCUT2D eigenvalue weighted by Gasteiger charge is 2.19. The van der Waals surface area contributed by atoms with Crippen LogP contribution in [0.25, 0.3) is 11.1 Å². The lowest BCUT2D eigenvalue weighted by atomic mass is 9.98. The molecule has 1 aliphatic heterocycles. The third kappa shape index (κ3) is 2.05. The van der Waals surface area contributed by atoms with Crippen LogP contribution in [0.3, 0.4) is 0 Å². The Bertz CT molecular complexity index is 707. The third-order valence-corrected chi connectivity index (χ3v) is 3.38. The molecule has 1 heterocycles. The fraction of sp³-hybridized carbons (Fsp3) is 0.125. The monoisotopic (exact) mass is 267 g/mol. The average Bonchev–Trinajstić information content (AvgIpc) is 2.85. The van der Waals surface area contributed by atoms with E-state index in [1.165, 1.54) is 7.11 Å². The molecule has 2 aromatic rings. The van der Waals surface area contributed by atoms with Gasteiger partial charge in [-0.05, 0) is 28.8 Å². The number of carbonyl (C=O) groups excluding carboxylic acids is 2. The first-order chi connectivity index (χ1) is 9.69. The number of hydrogen-bond donors (Lipinski definition) is 1. The van der Waals surface area contributed by atoms with E-state index in [4.69, 9.17) is 4.74 Å². The lowest BCUT2D eigenvalue weighted by molar-refractivity contribution is -0.115. The number of anilines is 1. The molecule has 20 heavy (non-hydrogen) atoms. The summed E-state index contributed by atoms with van der Waals surface area (Å²) >= 11 is 0. The van der Waals surface area contributed by atoms with Gasteiger partial charge >= 0.3 is 5.97 Å². The van der Waals surface area contributed by atoms with Crippen molar-refractivity contribution >= 4 is 17.6 Å². The molecule has 0 saturated heterocycles. The topological polar surface area (TPSA) is 55.4 Å².